The molecule has 0 aromatic heterocycles. The number of hydrogen-bond acceptors (Lipinski definition) is 7. The first-order chi connectivity index (χ1) is 18.6. The summed E-state index contributed by atoms with van der Waals surface area (Å²) < 4.78 is 61.0. The molecule has 2 aromatic rings. The first-order valence-electron chi connectivity index (χ1n) is 13.5. The standard InChI is InChI=1S/C27H38N4O6S2/c1-4-30(5-2)38(33,34)23-11-12-26(29-13-7-6-8-14-29)25(20-23)28-27(32)24-19-22(10-9-21(24)3)39(35,36)31-15-17-37-18-16-31/h9-12,19-20H,4-8,13-18H2,1-3H3,(H,28,32). The van der Waals surface area contributed by atoms with Crippen LogP contribution in [-0.2, 0) is 24.8 Å². The first kappa shape index (κ1) is 29.5. The molecule has 0 radical (unpaired) electrons. The van der Waals surface area contributed by atoms with Gasteiger partial charge in [-0.1, -0.05) is 19.9 Å². The molecule has 0 unspecified atom stereocenters. The number of nitrogens with zero attached hydrogens (tertiary/aromatic N) is 3. The highest BCUT2D eigenvalue weighted by Crippen LogP contribution is 2.33. The Bertz CT molecular complexity index is 1400. The second-order valence-electron chi connectivity index (χ2n) is 9.76. The van der Waals surface area contributed by atoms with Gasteiger partial charge in [0.25, 0.3) is 5.91 Å². The number of aryl methyl sites for hydroxylation is 1. The third-order valence-electron chi connectivity index (χ3n) is 7.32. The Morgan fingerprint density at radius 1 is 0.897 bits per heavy atom. The summed E-state index contributed by atoms with van der Waals surface area (Å²) in [6, 6.07) is 9.38. The highest BCUT2D eigenvalue weighted by molar-refractivity contribution is 7.89. The summed E-state index contributed by atoms with van der Waals surface area (Å²) in [6.07, 6.45) is 3.14. The molecule has 4 rings (SSSR count). The fourth-order valence-corrected chi connectivity index (χ4v) is 7.95. The van der Waals surface area contributed by atoms with E-state index in [2.05, 4.69) is 10.2 Å². The molecule has 2 heterocycles. The van der Waals surface area contributed by atoms with Crippen LogP contribution in [0.4, 0.5) is 11.4 Å². The van der Waals surface area contributed by atoms with Gasteiger partial charge in [0, 0.05) is 44.8 Å². The number of morpholine rings is 1. The zero-order chi connectivity index (χ0) is 28.2. The Kier molecular flexibility index (Phi) is 9.33. The largest absolute Gasteiger partial charge is 0.379 e. The number of nitrogens with one attached hydrogen (secondary N) is 1. The molecule has 12 heteroatoms. The summed E-state index contributed by atoms with van der Waals surface area (Å²) in [7, 11) is -7.54. The molecule has 0 saturated carbocycles. The number of benzene rings is 2. The fraction of sp³-hybridized carbons (Fsp3) is 0.519. The van der Waals surface area contributed by atoms with Crippen LogP contribution in [0.25, 0.3) is 0 Å². The Hall–Kier alpha value is -2.51. The van der Waals surface area contributed by atoms with Crippen molar-refractivity contribution in [1.29, 1.82) is 0 Å². The zero-order valence-electron chi connectivity index (χ0n) is 22.8. The minimum Gasteiger partial charge on any atom is -0.379 e. The number of rotatable bonds is 9. The van der Waals surface area contributed by atoms with Crippen molar-refractivity contribution in [3.05, 3.63) is 47.5 Å². The lowest BCUT2D eigenvalue weighted by molar-refractivity contribution is 0.0730. The monoisotopic (exact) mass is 578 g/mol. The lowest BCUT2D eigenvalue weighted by Crippen LogP contribution is -2.40. The van der Waals surface area contributed by atoms with Crippen molar-refractivity contribution in [2.45, 2.75) is 49.8 Å². The summed E-state index contributed by atoms with van der Waals surface area (Å²) in [5.74, 6) is -0.498. The van der Waals surface area contributed by atoms with Crippen LogP contribution in [0, 0.1) is 6.92 Å². The number of hydrogen-bond donors (Lipinski definition) is 1. The second-order valence-corrected chi connectivity index (χ2v) is 13.6. The Morgan fingerprint density at radius 3 is 2.18 bits per heavy atom. The number of carbonyl (C=O) groups excluding carboxylic acids is 1. The predicted octanol–water partition coefficient (Wildman–Crippen LogP) is 3.29. The Labute approximate surface area is 232 Å². The molecule has 1 N–H and O–H groups in total. The summed E-state index contributed by atoms with van der Waals surface area (Å²) >= 11 is 0. The molecule has 2 aromatic carbocycles. The highest BCUT2D eigenvalue weighted by Gasteiger charge is 2.28. The first-order valence-corrected chi connectivity index (χ1v) is 16.4. The normalized spacial score (nSPS) is 17.4. The van der Waals surface area contributed by atoms with Gasteiger partial charge < -0.3 is 15.0 Å². The van der Waals surface area contributed by atoms with Gasteiger partial charge in [0.1, 0.15) is 0 Å². The van der Waals surface area contributed by atoms with Gasteiger partial charge >= 0.3 is 0 Å². The van der Waals surface area contributed by atoms with Crippen LogP contribution in [0.5, 0.6) is 0 Å². The van der Waals surface area contributed by atoms with Crippen LogP contribution in [-0.4, -0.2) is 83.8 Å². The Balaban J connectivity index is 1.71. The Morgan fingerprint density at radius 2 is 1.54 bits per heavy atom. The van der Waals surface area contributed by atoms with Crippen LogP contribution in [0.2, 0.25) is 0 Å². The molecule has 1 amide bonds. The van der Waals surface area contributed by atoms with E-state index in [9.17, 15) is 21.6 Å². The number of sulfonamides is 2. The summed E-state index contributed by atoms with van der Waals surface area (Å²) in [6.45, 7) is 8.74. The number of anilines is 2. The van der Waals surface area contributed by atoms with E-state index >= 15 is 0 Å². The lowest BCUT2D eigenvalue weighted by Gasteiger charge is -2.31. The van der Waals surface area contributed by atoms with Crippen molar-refractivity contribution in [1.82, 2.24) is 8.61 Å². The molecule has 2 aliphatic rings. The van der Waals surface area contributed by atoms with Crippen LogP contribution >= 0.6 is 0 Å². The highest BCUT2D eigenvalue weighted by atomic mass is 32.2. The van der Waals surface area contributed by atoms with E-state index in [0.29, 0.717) is 37.6 Å². The lowest BCUT2D eigenvalue weighted by atomic mass is 10.1. The summed E-state index contributed by atoms with van der Waals surface area (Å²) in [5, 5.41) is 2.92. The third kappa shape index (κ3) is 6.30. The topological polar surface area (TPSA) is 116 Å². The van der Waals surface area contributed by atoms with Crippen LogP contribution in [0.3, 0.4) is 0 Å². The third-order valence-corrected chi connectivity index (χ3v) is 11.3. The average Bonchev–Trinajstić information content (AvgIpc) is 2.94. The molecular formula is C27H38N4O6S2. The van der Waals surface area contributed by atoms with Gasteiger partial charge in [0.2, 0.25) is 20.0 Å². The van der Waals surface area contributed by atoms with Crippen LogP contribution < -0.4 is 10.2 Å². The van der Waals surface area contributed by atoms with E-state index in [0.717, 1.165) is 38.0 Å². The average molecular weight is 579 g/mol. The van der Waals surface area contributed by atoms with Gasteiger partial charge in [-0.05, 0) is 62.1 Å². The minimum absolute atomic E-state index is 0.0364. The molecule has 2 fully saturated rings. The molecule has 0 atom stereocenters. The molecule has 0 bridgehead atoms. The van der Waals surface area contributed by atoms with Crippen molar-refractivity contribution in [3.8, 4) is 0 Å². The van der Waals surface area contributed by atoms with Crippen LogP contribution in [0.1, 0.15) is 49.0 Å². The molecule has 2 aliphatic heterocycles. The van der Waals surface area contributed by atoms with Gasteiger partial charge in [-0.25, -0.2) is 16.8 Å². The van der Waals surface area contributed by atoms with E-state index in [1.54, 1.807) is 39.0 Å². The SMILES string of the molecule is CCN(CC)S(=O)(=O)c1ccc(N2CCCCC2)c(NC(=O)c2cc(S(=O)(=O)N3CCOCC3)ccc2C)c1. The maximum atomic E-state index is 13.6. The second kappa shape index (κ2) is 12.3. The zero-order valence-corrected chi connectivity index (χ0v) is 24.5. The minimum atomic E-state index is -3.79. The molecule has 10 nitrogen and oxygen atoms in total. The van der Waals surface area contributed by atoms with Gasteiger partial charge in [0.05, 0.1) is 34.4 Å². The predicted molar refractivity (Wildman–Crippen MR) is 151 cm³/mol. The van der Waals surface area contributed by atoms with E-state index in [1.165, 1.54) is 26.8 Å². The van der Waals surface area contributed by atoms with Crippen LogP contribution in [0.15, 0.2) is 46.2 Å². The van der Waals surface area contributed by atoms with Crippen molar-refractivity contribution in [3.63, 3.8) is 0 Å². The van der Waals surface area contributed by atoms with Crippen molar-refractivity contribution < 1.29 is 26.4 Å². The maximum Gasteiger partial charge on any atom is 0.256 e. The van der Waals surface area contributed by atoms with Gasteiger partial charge in [-0.2, -0.15) is 8.61 Å². The summed E-state index contributed by atoms with van der Waals surface area (Å²) in [4.78, 5) is 15.9. The fourth-order valence-electron chi connectivity index (χ4n) is 5.03. The van der Waals surface area contributed by atoms with Gasteiger partial charge in [-0.3, -0.25) is 4.79 Å². The number of amides is 1. The molecule has 0 spiro atoms. The number of carbonyl (C=O) groups is 1. The van der Waals surface area contributed by atoms with E-state index in [-0.39, 0.29) is 28.4 Å². The van der Waals surface area contributed by atoms with E-state index in [4.69, 9.17) is 4.74 Å². The van der Waals surface area contributed by atoms with E-state index < -0.39 is 26.0 Å². The van der Waals surface area contributed by atoms with E-state index in [1.807, 2.05) is 0 Å². The molecular weight excluding hydrogens is 540 g/mol. The summed E-state index contributed by atoms with van der Waals surface area (Å²) in [5.41, 5.74) is 1.96. The molecule has 39 heavy (non-hydrogen) atoms. The quantitative estimate of drug-likeness (QED) is 0.485. The van der Waals surface area contributed by atoms with Crippen molar-refractivity contribution in [2.75, 3.05) is 62.7 Å². The smallest absolute Gasteiger partial charge is 0.256 e. The number of ether oxygens (including phenoxy) is 1. The molecule has 0 aliphatic carbocycles. The maximum absolute atomic E-state index is 13.6. The molecule has 214 valence electrons. The molecule has 2 saturated heterocycles. The number of piperidine rings is 1. The van der Waals surface area contributed by atoms with Crippen molar-refractivity contribution >= 4 is 37.3 Å². The van der Waals surface area contributed by atoms with Gasteiger partial charge in [0.15, 0.2) is 0 Å². The van der Waals surface area contributed by atoms with Crippen molar-refractivity contribution in [2.24, 2.45) is 0 Å². The van der Waals surface area contributed by atoms with Gasteiger partial charge in [-0.15, -0.1) is 0 Å².